The summed E-state index contributed by atoms with van der Waals surface area (Å²) < 4.78 is 5.04. The molecular weight excluding hydrogens is 206 g/mol. The van der Waals surface area contributed by atoms with Crippen LogP contribution in [0.5, 0.6) is 5.75 Å². The number of ether oxygens (including phenoxy) is 1. The molecule has 0 fully saturated rings. The summed E-state index contributed by atoms with van der Waals surface area (Å²) in [4.78, 5) is 4.69. The predicted molar refractivity (Wildman–Crippen MR) is 62.7 cm³/mol. The monoisotopic (exact) mass is 221 g/mol. The summed E-state index contributed by atoms with van der Waals surface area (Å²) in [6, 6.07) is 7.17. The lowest BCUT2D eigenvalue weighted by Gasteiger charge is -2.09. The van der Waals surface area contributed by atoms with Gasteiger partial charge < -0.3 is 14.7 Å². The van der Waals surface area contributed by atoms with Crippen molar-refractivity contribution in [2.24, 2.45) is 5.16 Å². The van der Waals surface area contributed by atoms with Gasteiger partial charge >= 0.3 is 0 Å². The van der Waals surface area contributed by atoms with Crippen LogP contribution in [0, 0.1) is 0 Å². The zero-order valence-corrected chi connectivity index (χ0v) is 9.38. The molecule has 1 N–H and O–H groups in total. The number of methoxy groups -OCH3 is 1. The molecule has 0 aliphatic heterocycles. The van der Waals surface area contributed by atoms with Gasteiger partial charge in [0.2, 0.25) is 0 Å². The first kappa shape index (κ1) is 12.3. The average molecular weight is 221 g/mol. The summed E-state index contributed by atoms with van der Waals surface area (Å²) in [5.74, 6) is 0.744. The highest BCUT2D eigenvalue weighted by Crippen LogP contribution is 2.13. The molecule has 16 heavy (non-hydrogen) atoms. The molecule has 0 heterocycles. The Morgan fingerprint density at radius 2 is 2.00 bits per heavy atom. The quantitative estimate of drug-likeness (QED) is 0.466. The van der Waals surface area contributed by atoms with Crippen molar-refractivity contribution in [2.75, 3.05) is 14.2 Å². The molecule has 4 nitrogen and oxygen atoms in total. The maximum atomic E-state index is 9.67. The van der Waals surface area contributed by atoms with Gasteiger partial charge in [-0.25, -0.2) is 0 Å². The Hall–Kier alpha value is -1.81. The molecule has 1 aromatic rings. The Bertz CT molecular complexity index is 370. The first-order chi connectivity index (χ1) is 7.72. The van der Waals surface area contributed by atoms with Crippen LogP contribution >= 0.6 is 0 Å². The second-order valence-electron chi connectivity index (χ2n) is 3.07. The van der Waals surface area contributed by atoms with Crippen LogP contribution in [0.25, 0.3) is 0 Å². The Morgan fingerprint density at radius 3 is 2.44 bits per heavy atom. The molecule has 0 spiro atoms. The highest BCUT2D eigenvalue weighted by molar-refractivity contribution is 6.04. The Balaban J connectivity index is 3.02. The maximum absolute atomic E-state index is 9.67. The highest BCUT2D eigenvalue weighted by atomic mass is 16.6. The summed E-state index contributed by atoms with van der Waals surface area (Å²) in [5, 5.41) is 13.4. The van der Waals surface area contributed by atoms with Crippen molar-refractivity contribution in [3.63, 3.8) is 0 Å². The largest absolute Gasteiger partial charge is 0.497 e. The van der Waals surface area contributed by atoms with Gasteiger partial charge in [0, 0.05) is 5.56 Å². The molecule has 0 radical (unpaired) electrons. The molecular formula is C12H15NO3. The van der Waals surface area contributed by atoms with Gasteiger partial charge in [-0.3, -0.25) is 0 Å². The fourth-order valence-electron chi connectivity index (χ4n) is 1.25. The lowest BCUT2D eigenvalue weighted by atomic mass is 10.1. The van der Waals surface area contributed by atoms with E-state index in [0.29, 0.717) is 5.71 Å². The van der Waals surface area contributed by atoms with Crippen LogP contribution in [0.15, 0.2) is 42.1 Å². The van der Waals surface area contributed by atoms with Crippen molar-refractivity contribution in [2.45, 2.75) is 6.10 Å². The van der Waals surface area contributed by atoms with E-state index in [0.717, 1.165) is 11.3 Å². The lowest BCUT2D eigenvalue weighted by molar-refractivity contribution is 0.204. The van der Waals surface area contributed by atoms with E-state index in [1.807, 2.05) is 0 Å². The number of nitrogens with zero attached hydrogens (tertiary/aromatic N) is 1. The molecule has 0 saturated carbocycles. The standard InChI is InChI=1S/C12H15NO3/c1-4-11(14)12(13-16-3)9-5-7-10(15-2)8-6-9/h4-8,11,14H,1H2,2-3H3/b13-12+. The lowest BCUT2D eigenvalue weighted by Crippen LogP contribution is -2.19. The van der Waals surface area contributed by atoms with Gasteiger partial charge in [0.1, 0.15) is 24.7 Å². The zero-order valence-electron chi connectivity index (χ0n) is 9.38. The topological polar surface area (TPSA) is 51.1 Å². The van der Waals surface area contributed by atoms with Crippen LogP contribution in [0.4, 0.5) is 0 Å². The first-order valence-corrected chi connectivity index (χ1v) is 4.79. The molecule has 0 aliphatic rings. The fraction of sp³-hybridized carbons (Fsp3) is 0.250. The summed E-state index contributed by atoms with van der Waals surface area (Å²) in [6.07, 6.45) is 0.538. The molecule has 0 saturated heterocycles. The van der Waals surface area contributed by atoms with Crippen molar-refractivity contribution in [1.82, 2.24) is 0 Å². The van der Waals surface area contributed by atoms with Gasteiger partial charge in [-0.15, -0.1) is 6.58 Å². The zero-order chi connectivity index (χ0) is 12.0. The SMILES string of the molecule is C=CC(O)/C(=N/OC)c1ccc(OC)cc1. The van der Waals surface area contributed by atoms with Crippen molar-refractivity contribution in [3.05, 3.63) is 42.5 Å². The van der Waals surface area contributed by atoms with Crippen LogP contribution in [-0.4, -0.2) is 31.1 Å². The third-order valence-electron chi connectivity index (χ3n) is 2.08. The molecule has 4 heteroatoms. The fourth-order valence-corrected chi connectivity index (χ4v) is 1.25. The number of hydrogen-bond donors (Lipinski definition) is 1. The average Bonchev–Trinajstić information content (AvgIpc) is 2.35. The van der Waals surface area contributed by atoms with E-state index in [4.69, 9.17) is 4.74 Å². The van der Waals surface area contributed by atoms with Gasteiger partial charge in [0.15, 0.2) is 0 Å². The van der Waals surface area contributed by atoms with Crippen molar-refractivity contribution in [1.29, 1.82) is 0 Å². The maximum Gasteiger partial charge on any atom is 0.119 e. The Labute approximate surface area is 94.8 Å². The van der Waals surface area contributed by atoms with E-state index in [1.165, 1.54) is 13.2 Å². The van der Waals surface area contributed by atoms with Gasteiger partial charge in [-0.1, -0.05) is 11.2 Å². The second-order valence-corrected chi connectivity index (χ2v) is 3.07. The number of aliphatic hydroxyl groups is 1. The minimum Gasteiger partial charge on any atom is -0.497 e. The highest BCUT2D eigenvalue weighted by Gasteiger charge is 2.12. The van der Waals surface area contributed by atoms with Crippen molar-refractivity contribution < 1.29 is 14.7 Å². The van der Waals surface area contributed by atoms with Crippen LogP contribution in [0.2, 0.25) is 0 Å². The van der Waals surface area contributed by atoms with Gasteiger partial charge in [-0.05, 0) is 24.3 Å². The number of benzene rings is 1. The molecule has 0 bridgehead atoms. The molecule has 1 aromatic carbocycles. The molecule has 86 valence electrons. The van der Waals surface area contributed by atoms with Crippen molar-refractivity contribution in [3.8, 4) is 5.75 Å². The van der Waals surface area contributed by atoms with E-state index in [-0.39, 0.29) is 0 Å². The van der Waals surface area contributed by atoms with Crippen LogP contribution < -0.4 is 4.74 Å². The molecule has 1 rings (SSSR count). The molecule has 0 amide bonds. The molecule has 1 unspecified atom stereocenters. The van der Waals surface area contributed by atoms with E-state index >= 15 is 0 Å². The first-order valence-electron chi connectivity index (χ1n) is 4.79. The number of rotatable bonds is 5. The van der Waals surface area contributed by atoms with Gasteiger partial charge in [0.25, 0.3) is 0 Å². The minimum atomic E-state index is -0.853. The predicted octanol–water partition coefficient (Wildman–Crippen LogP) is 1.59. The van der Waals surface area contributed by atoms with E-state index < -0.39 is 6.10 Å². The van der Waals surface area contributed by atoms with Crippen LogP contribution in [-0.2, 0) is 4.84 Å². The number of hydrogen-bond acceptors (Lipinski definition) is 4. The smallest absolute Gasteiger partial charge is 0.119 e. The third kappa shape index (κ3) is 2.84. The van der Waals surface area contributed by atoms with E-state index in [9.17, 15) is 5.11 Å². The summed E-state index contributed by atoms with van der Waals surface area (Å²) >= 11 is 0. The number of aliphatic hydroxyl groups excluding tert-OH is 1. The summed E-state index contributed by atoms with van der Waals surface area (Å²) in [7, 11) is 3.02. The van der Waals surface area contributed by atoms with Crippen LogP contribution in [0.3, 0.4) is 0 Å². The molecule has 0 aromatic heterocycles. The minimum absolute atomic E-state index is 0.417. The van der Waals surface area contributed by atoms with Crippen molar-refractivity contribution >= 4 is 5.71 Å². The summed E-state index contributed by atoms with van der Waals surface area (Å²) in [5.41, 5.74) is 1.18. The van der Waals surface area contributed by atoms with Gasteiger partial charge in [-0.2, -0.15) is 0 Å². The Morgan fingerprint density at radius 1 is 1.38 bits per heavy atom. The van der Waals surface area contributed by atoms with E-state index in [1.54, 1.807) is 31.4 Å². The Kier molecular flexibility index (Phi) is 4.54. The second kappa shape index (κ2) is 5.92. The summed E-state index contributed by atoms with van der Waals surface area (Å²) in [6.45, 7) is 3.51. The van der Waals surface area contributed by atoms with Crippen LogP contribution in [0.1, 0.15) is 5.56 Å². The van der Waals surface area contributed by atoms with Gasteiger partial charge in [0.05, 0.1) is 7.11 Å². The third-order valence-corrected chi connectivity index (χ3v) is 2.08. The number of oxime groups is 1. The normalized spacial score (nSPS) is 13.1. The molecule has 1 atom stereocenters. The van der Waals surface area contributed by atoms with E-state index in [2.05, 4.69) is 16.6 Å². The molecule has 0 aliphatic carbocycles.